The van der Waals surface area contributed by atoms with Gasteiger partial charge in [-0.1, -0.05) is 23.2 Å². The van der Waals surface area contributed by atoms with E-state index in [4.69, 9.17) is 23.2 Å². The van der Waals surface area contributed by atoms with E-state index >= 15 is 0 Å². The van der Waals surface area contributed by atoms with Gasteiger partial charge in [0.15, 0.2) is 5.75 Å². The molecule has 0 spiro atoms. The quantitative estimate of drug-likeness (QED) is 0.733. The summed E-state index contributed by atoms with van der Waals surface area (Å²) in [6, 6.07) is 3.95. The van der Waals surface area contributed by atoms with Crippen molar-refractivity contribution in [2.45, 2.75) is 0 Å². The lowest BCUT2D eigenvalue weighted by Crippen LogP contribution is -2.20. The highest BCUT2D eigenvalue weighted by Crippen LogP contribution is 2.34. The van der Waals surface area contributed by atoms with Crippen molar-refractivity contribution >= 4 is 34.1 Å². The van der Waals surface area contributed by atoms with Gasteiger partial charge in [0.05, 0.1) is 21.1 Å². The van der Waals surface area contributed by atoms with Gasteiger partial charge in [0.25, 0.3) is 5.56 Å². The Morgan fingerprint density at radius 2 is 1.86 bits per heavy atom. The molecule has 0 aliphatic heterocycles. The fraction of sp³-hybridized carbons (Fsp3) is 0. The van der Waals surface area contributed by atoms with Crippen molar-refractivity contribution in [1.82, 2.24) is 9.55 Å². The summed E-state index contributed by atoms with van der Waals surface area (Å²) < 4.78 is 27.7. The van der Waals surface area contributed by atoms with Crippen molar-refractivity contribution in [1.29, 1.82) is 0 Å². The predicted octanol–water partition coefficient (Wildman–Crippen LogP) is 3.68. The second-order valence-corrected chi connectivity index (χ2v) is 5.24. The van der Waals surface area contributed by atoms with Crippen LogP contribution in [-0.4, -0.2) is 14.7 Å². The molecule has 2 aromatic carbocycles. The second-order valence-electron chi connectivity index (χ2n) is 4.43. The highest BCUT2D eigenvalue weighted by Gasteiger charge is 2.17. The van der Waals surface area contributed by atoms with E-state index in [1.165, 1.54) is 6.07 Å². The van der Waals surface area contributed by atoms with Gasteiger partial charge in [0, 0.05) is 6.07 Å². The van der Waals surface area contributed by atoms with E-state index < -0.39 is 22.9 Å². The van der Waals surface area contributed by atoms with E-state index in [0.29, 0.717) is 6.07 Å². The van der Waals surface area contributed by atoms with Crippen molar-refractivity contribution < 1.29 is 13.9 Å². The Morgan fingerprint density at radius 1 is 1.14 bits per heavy atom. The standard InChI is InChI=1S/C14H6Cl2F2N2O2/c15-7-4-8(16)13(21)12-11(7)14(22)20(5-19-12)10-2-1-6(17)3-9(10)18/h1-5,21H. The number of fused-ring (bicyclic) bond motifs is 1. The number of hydrogen-bond acceptors (Lipinski definition) is 3. The molecule has 0 fully saturated rings. The first-order chi connectivity index (χ1) is 10.4. The molecule has 0 saturated heterocycles. The van der Waals surface area contributed by atoms with Gasteiger partial charge in [0.1, 0.15) is 23.5 Å². The Kier molecular flexibility index (Phi) is 3.50. The minimum Gasteiger partial charge on any atom is -0.504 e. The molecule has 0 radical (unpaired) electrons. The average molecular weight is 343 g/mol. The number of rotatable bonds is 1. The summed E-state index contributed by atoms with van der Waals surface area (Å²) in [5, 5.41) is 9.62. The van der Waals surface area contributed by atoms with Crippen LogP contribution in [0.4, 0.5) is 8.78 Å². The van der Waals surface area contributed by atoms with Crippen LogP contribution < -0.4 is 5.56 Å². The van der Waals surface area contributed by atoms with Crippen LogP contribution in [0.1, 0.15) is 0 Å². The third-order valence-electron chi connectivity index (χ3n) is 3.08. The Hall–Kier alpha value is -2.18. The summed E-state index contributed by atoms with van der Waals surface area (Å²) in [4.78, 5) is 16.4. The molecule has 0 unspecified atom stereocenters. The van der Waals surface area contributed by atoms with Crippen LogP contribution in [0.2, 0.25) is 10.0 Å². The minimum atomic E-state index is -0.933. The van der Waals surface area contributed by atoms with Gasteiger partial charge in [-0.3, -0.25) is 9.36 Å². The molecule has 0 aliphatic carbocycles. The van der Waals surface area contributed by atoms with Crippen molar-refractivity contribution in [2.24, 2.45) is 0 Å². The number of aromatic hydroxyl groups is 1. The topological polar surface area (TPSA) is 55.1 Å². The summed E-state index contributed by atoms with van der Waals surface area (Å²) in [6.45, 7) is 0. The third-order valence-corrected chi connectivity index (χ3v) is 3.67. The molecule has 0 atom stereocenters. The molecule has 3 rings (SSSR count). The molecule has 1 heterocycles. The lowest BCUT2D eigenvalue weighted by Gasteiger charge is -2.10. The van der Waals surface area contributed by atoms with E-state index in [1.807, 2.05) is 0 Å². The van der Waals surface area contributed by atoms with Crippen LogP contribution in [0.3, 0.4) is 0 Å². The second kappa shape index (κ2) is 5.23. The fourth-order valence-electron chi connectivity index (χ4n) is 2.06. The summed E-state index contributed by atoms with van der Waals surface area (Å²) in [5.74, 6) is -2.10. The third kappa shape index (κ3) is 2.20. The molecule has 22 heavy (non-hydrogen) atoms. The van der Waals surface area contributed by atoms with E-state index in [-0.39, 0.29) is 26.6 Å². The van der Waals surface area contributed by atoms with Crippen molar-refractivity contribution in [3.63, 3.8) is 0 Å². The van der Waals surface area contributed by atoms with Crippen molar-refractivity contribution in [3.8, 4) is 11.4 Å². The molecular formula is C14H6Cl2F2N2O2. The zero-order valence-electron chi connectivity index (χ0n) is 10.6. The summed E-state index contributed by atoms with van der Waals surface area (Å²) in [6.07, 6.45) is 1.01. The molecule has 1 N–H and O–H groups in total. The zero-order chi connectivity index (χ0) is 16.0. The zero-order valence-corrected chi connectivity index (χ0v) is 12.2. The van der Waals surface area contributed by atoms with Crippen LogP contribution in [0.5, 0.6) is 5.75 Å². The van der Waals surface area contributed by atoms with Crippen LogP contribution in [-0.2, 0) is 0 Å². The molecule has 0 amide bonds. The lowest BCUT2D eigenvalue weighted by molar-refractivity contribution is 0.480. The van der Waals surface area contributed by atoms with E-state index in [1.54, 1.807) is 0 Å². The highest BCUT2D eigenvalue weighted by molar-refractivity contribution is 6.39. The monoisotopic (exact) mass is 342 g/mol. The summed E-state index contributed by atoms with van der Waals surface area (Å²) in [5.41, 5.74) is -1.000. The van der Waals surface area contributed by atoms with Crippen LogP contribution in [0.25, 0.3) is 16.6 Å². The summed E-state index contributed by atoms with van der Waals surface area (Å²) >= 11 is 11.7. The Labute approximate surface area is 132 Å². The summed E-state index contributed by atoms with van der Waals surface area (Å²) in [7, 11) is 0. The molecule has 8 heteroatoms. The Bertz CT molecular complexity index is 973. The van der Waals surface area contributed by atoms with Crippen LogP contribution in [0.15, 0.2) is 35.4 Å². The Morgan fingerprint density at radius 3 is 2.55 bits per heavy atom. The molecule has 0 aliphatic rings. The first-order valence-electron chi connectivity index (χ1n) is 5.94. The molecule has 0 bridgehead atoms. The minimum absolute atomic E-state index is 0.0350. The van der Waals surface area contributed by atoms with Gasteiger partial charge in [-0.2, -0.15) is 0 Å². The highest BCUT2D eigenvalue weighted by atomic mass is 35.5. The van der Waals surface area contributed by atoms with Gasteiger partial charge >= 0.3 is 0 Å². The van der Waals surface area contributed by atoms with Crippen molar-refractivity contribution in [2.75, 3.05) is 0 Å². The number of phenols is 1. The van der Waals surface area contributed by atoms with Gasteiger partial charge in [-0.15, -0.1) is 0 Å². The number of halogens is 4. The first-order valence-corrected chi connectivity index (χ1v) is 6.69. The maximum Gasteiger partial charge on any atom is 0.267 e. The fourth-order valence-corrected chi connectivity index (χ4v) is 2.60. The smallest absolute Gasteiger partial charge is 0.267 e. The van der Waals surface area contributed by atoms with Crippen molar-refractivity contribution in [3.05, 3.63) is 62.6 Å². The average Bonchev–Trinajstić information content (AvgIpc) is 2.45. The Balaban J connectivity index is 2.39. The van der Waals surface area contributed by atoms with E-state index in [2.05, 4.69) is 4.98 Å². The predicted molar refractivity (Wildman–Crippen MR) is 78.9 cm³/mol. The molecule has 0 saturated carbocycles. The van der Waals surface area contributed by atoms with Gasteiger partial charge in [-0.25, -0.2) is 13.8 Å². The SMILES string of the molecule is O=c1c2c(Cl)cc(Cl)c(O)c2ncn1-c1ccc(F)cc1F. The number of benzene rings is 2. The largest absolute Gasteiger partial charge is 0.504 e. The first kappa shape index (κ1) is 14.7. The maximum atomic E-state index is 13.8. The van der Waals surface area contributed by atoms with E-state index in [0.717, 1.165) is 23.0 Å². The van der Waals surface area contributed by atoms with Gasteiger partial charge in [-0.05, 0) is 18.2 Å². The molecule has 112 valence electrons. The lowest BCUT2D eigenvalue weighted by atomic mass is 10.2. The van der Waals surface area contributed by atoms with E-state index in [9.17, 15) is 18.7 Å². The number of nitrogens with zero attached hydrogens (tertiary/aromatic N) is 2. The van der Waals surface area contributed by atoms with Gasteiger partial charge in [0.2, 0.25) is 0 Å². The normalized spacial score (nSPS) is 11.1. The number of aromatic nitrogens is 2. The van der Waals surface area contributed by atoms with Crippen LogP contribution in [0, 0.1) is 11.6 Å². The molecule has 3 aromatic rings. The number of phenolic OH excluding ortho intramolecular Hbond substituents is 1. The van der Waals surface area contributed by atoms with Crippen LogP contribution >= 0.6 is 23.2 Å². The molecule has 1 aromatic heterocycles. The number of hydrogen-bond donors (Lipinski definition) is 1. The maximum absolute atomic E-state index is 13.8. The molecular weight excluding hydrogens is 337 g/mol. The molecule has 4 nitrogen and oxygen atoms in total. The van der Waals surface area contributed by atoms with Gasteiger partial charge < -0.3 is 5.11 Å².